The first-order valence-corrected chi connectivity index (χ1v) is 18.3. The van der Waals surface area contributed by atoms with Gasteiger partial charge in [0.25, 0.3) is 23.6 Å². The molecular weight excluding hydrogens is 753 g/mol. The highest BCUT2D eigenvalue weighted by molar-refractivity contribution is 8.01. The number of nitrogens with two attached hydrogens (primary N) is 1. The minimum Gasteiger partial charge on any atom is -0.504 e. The first-order chi connectivity index (χ1) is 25.1. The molecule has 2 atom stereocenters. The third kappa shape index (κ3) is 7.54. The van der Waals surface area contributed by atoms with Crippen LogP contribution in [-0.4, -0.2) is 104 Å². The summed E-state index contributed by atoms with van der Waals surface area (Å²) in [6, 6.07) is 5.76. The van der Waals surface area contributed by atoms with Gasteiger partial charge in [0.15, 0.2) is 28.0 Å². The number of β-lactam (4-membered cyclic amide) rings is 1. The van der Waals surface area contributed by atoms with Gasteiger partial charge in [0.1, 0.15) is 27.8 Å². The third-order valence-electron chi connectivity index (χ3n) is 7.80. The number of oxime groups is 1. The molecule has 3 aromatic heterocycles. The van der Waals surface area contributed by atoms with Crippen molar-refractivity contribution in [1.82, 2.24) is 40.7 Å². The number of aryl methyl sites for hydroxylation is 1. The molecule has 2 unspecified atom stereocenters. The second kappa shape index (κ2) is 14.6. The van der Waals surface area contributed by atoms with Gasteiger partial charge in [-0.2, -0.15) is 5.10 Å². The lowest BCUT2D eigenvalue weighted by molar-refractivity contribution is -0.150. The van der Waals surface area contributed by atoms with E-state index in [1.54, 1.807) is 16.8 Å². The molecule has 2 aliphatic heterocycles. The fourth-order valence-electron chi connectivity index (χ4n) is 5.07. The lowest BCUT2D eigenvalue weighted by atomic mass is 10.0. The number of carboxylic acids is 1. The number of thioether (sulfide) groups is 2. The van der Waals surface area contributed by atoms with E-state index < -0.39 is 63.8 Å². The normalized spacial score (nSPS) is 17.2. The van der Waals surface area contributed by atoms with Gasteiger partial charge in [0.2, 0.25) is 5.60 Å². The lowest BCUT2D eigenvalue weighted by Crippen LogP contribution is -2.71. The van der Waals surface area contributed by atoms with Crippen LogP contribution in [0.2, 0.25) is 0 Å². The summed E-state index contributed by atoms with van der Waals surface area (Å²) in [4.78, 5) is 80.0. The molecule has 1 fully saturated rings. The molecule has 22 heteroatoms. The Morgan fingerprint density at radius 3 is 2.60 bits per heavy atom. The number of nitrogens with zero attached hydrogens (tertiary/aromatic N) is 6. The van der Waals surface area contributed by atoms with Crippen molar-refractivity contribution < 1.29 is 44.1 Å². The quantitative estimate of drug-likeness (QED) is 0.0279. The van der Waals surface area contributed by atoms with Gasteiger partial charge in [-0.25, -0.2) is 19.3 Å². The van der Waals surface area contributed by atoms with Crippen LogP contribution >= 0.6 is 34.9 Å². The molecule has 19 nitrogen and oxygen atoms in total. The molecule has 5 heterocycles. The van der Waals surface area contributed by atoms with Crippen LogP contribution in [0.15, 0.2) is 63.4 Å². The largest absolute Gasteiger partial charge is 0.504 e. The van der Waals surface area contributed by atoms with Crippen molar-refractivity contribution in [2.75, 3.05) is 17.2 Å². The maximum Gasteiger partial charge on any atom is 0.352 e. The minimum atomic E-state index is -1.80. The summed E-state index contributed by atoms with van der Waals surface area (Å²) in [6.45, 7) is 4.43. The number of carboxylic acid groups (broad SMARTS) is 1. The summed E-state index contributed by atoms with van der Waals surface area (Å²) in [5.74, 6) is -5.03. The number of amides is 4. The van der Waals surface area contributed by atoms with Crippen LogP contribution in [0.4, 0.5) is 5.13 Å². The van der Waals surface area contributed by atoms with Crippen LogP contribution in [0.1, 0.15) is 35.6 Å². The van der Waals surface area contributed by atoms with Crippen LogP contribution in [0.3, 0.4) is 0 Å². The predicted octanol–water partition coefficient (Wildman–Crippen LogP) is 0.979. The number of hydrogen-bond donors (Lipinski definition) is 7. The highest BCUT2D eigenvalue weighted by Crippen LogP contribution is 2.41. The maximum absolute atomic E-state index is 13.6. The number of anilines is 1. The van der Waals surface area contributed by atoms with Gasteiger partial charge in [0, 0.05) is 34.2 Å². The first-order valence-electron chi connectivity index (χ1n) is 15.4. The zero-order chi connectivity index (χ0) is 38.2. The maximum atomic E-state index is 13.6. The number of phenols is 2. The van der Waals surface area contributed by atoms with Gasteiger partial charge in [-0.15, -0.1) is 34.9 Å². The molecule has 8 N–H and O–H groups in total. The molecule has 276 valence electrons. The molecule has 0 aliphatic carbocycles. The molecule has 4 amide bonds. The van der Waals surface area contributed by atoms with Crippen molar-refractivity contribution in [2.24, 2.45) is 5.16 Å². The molecule has 0 bridgehead atoms. The number of carbonyl (C=O) groups is 5. The number of aliphatic carboxylic acids is 1. The van der Waals surface area contributed by atoms with E-state index >= 15 is 0 Å². The molecule has 0 spiro atoms. The summed E-state index contributed by atoms with van der Waals surface area (Å²) >= 11 is 3.64. The number of rotatable bonds is 11. The van der Waals surface area contributed by atoms with Gasteiger partial charge in [-0.1, -0.05) is 5.16 Å². The van der Waals surface area contributed by atoms with Crippen molar-refractivity contribution in [3.8, 4) is 11.5 Å². The van der Waals surface area contributed by atoms with Crippen molar-refractivity contribution in [2.45, 2.75) is 42.8 Å². The summed E-state index contributed by atoms with van der Waals surface area (Å²) < 4.78 is 1.65. The Morgan fingerprint density at radius 2 is 1.91 bits per heavy atom. The molecule has 1 aromatic carbocycles. The monoisotopic (exact) mass is 782 g/mol. The molecule has 6 rings (SSSR count). The summed E-state index contributed by atoms with van der Waals surface area (Å²) in [5, 5.41) is 41.5. The number of nitrogens with one attached hydrogen (secondary N) is 3. The number of carbonyl (C=O) groups excluding carboxylic acids is 4. The highest BCUT2D eigenvalue weighted by atomic mass is 32.2. The van der Waals surface area contributed by atoms with Crippen LogP contribution in [-0.2, 0) is 24.0 Å². The summed E-state index contributed by atoms with van der Waals surface area (Å²) in [7, 11) is 0. The topological polar surface area (TPSA) is 276 Å². The number of fused-ring (bicyclic) bond motifs is 2. The molecule has 4 aromatic rings. The predicted molar refractivity (Wildman–Crippen MR) is 192 cm³/mol. The number of hydrogen-bond acceptors (Lipinski definition) is 16. The molecule has 1 saturated heterocycles. The first kappa shape index (κ1) is 36.9. The second-order valence-corrected chi connectivity index (χ2v) is 15.0. The van der Waals surface area contributed by atoms with Crippen LogP contribution in [0, 0.1) is 6.92 Å². The Morgan fingerprint density at radius 1 is 1.13 bits per heavy atom. The van der Waals surface area contributed by atoms with E-state index in [-0.39, 0.29) is 33.6 Å². The number of phenolic OH excluding ortho intramolecular Hbond substituents is 2. The fraction of sp³-hybridized carbons (Fsp3) is 0.258. The minimum absolute atomic E-state index is 0.0235. The molecule has 0 saturated carbocycles. The zero-order valence-electron chi connectivity index (χ0n) is 27.9. The number of aromatic nitrogens is 4. The SMILES string of the molecule is Cc1cc(SCC2=C(C(=O)O)N3C(=O)C(NC(=O)/C(=N/OC(C)(C)C(=O)NNC(=O)c4ccc(O)c(O)c4)c4csc(N)n4)C3SC2)n2nccc2n1. The van der Waals surface area contributed by atoms with E-state index in [1.807, 2.05) is 13.0 Å². The highest BCUT2D eigenvalue weighted by Gasteiger charge is 2.54. The smallest absolute Gasteiger partial charge is 0.352 e. The lowest BCUT2D eigenvalue weighted by Gasteiger charge is -2.49. The van der Waals surface area contributed by atoms with Crippen molar-refractivity contribution in [3.63, 3.8) is 0 Å². The third-order valence-corrected chi connectivity index (χ3v) is 10.9. The van der Waals surface area contributed by atoms with E-state index in [0.29, 0.717) is 11.2 Å². The van der Waals surface area contributed by atoms with Gasteiger partial charge in [-0.3, -0.25) is 34.9 Å². The van der Waals surface area contributed by atoms with E-state index in [2.05, 4.69) is 36.4 Å². The van der Waals surface area contributed by atoms with Gasteiger partial charge < -0.3 is 31.2 Å². The van der Waals surface area contributed by atoms with Crippen molar-refractivity contribution in [1.29, 1.82) is 0 Å². The van der Waals surface area contributed by atoms with Crippen LogP contribution in [0.25, 0.3) is 5.65 Å². The Labute approximate surface area is 311 Å². The number of thiazole rings is 1. The number of nitrogen functional groups attached to an aromatic ring is 1. The number of benzene rings is 1. The molecule has 53 heavy (non-hydrogen) atoms. The summed E-state index contributed by atoms with van der Waals surface area (Å²) in [6.07, 6.45) is 1.61. The van der Waals surface area contributed by atoms with Gasteiger partial charge >= 0.3 is 5.97 Å². The summed E-state index contributed by atoms with van der Waals surface area (Å²) in [5.41, 5.74) is 9.53. The second-order valence-electron chi connectivity index (χ2n) is 12.0. The van der Waals surface area contributed by atoms with Crippen molar-refractivity contribution in [3.05, 3.63) is 70.1 Å². The van der Waals surface area contributed by atoms with Crippen molar-refractivity contribution >= 4 is 80.9 Å². The zero-order valence-corrected chi connectivity index (χ0v) is 30.3. The van der Waals surface area contributed by atoms with Crippen LogP contribution < -0.4 is 21.9 Å². The average molecular weight is 783 g/mol. The standard InChI is InChI=1S/C31H30N10O9S3/c1-13-8-20(41-19(34-13)6-7-33-41)51-10-15-11-52-27-22(26(46)40(27)23(15)28(47)48)36-25(45)21(16-12-53-30(32)35-16)39-50-31(2,3)29(49)38-37-24(44)14-4-5-17(42)18(43)9-14/h4-9,12,22,27,42-43H,10-11H2,1-3H3,(H2,32,35)(H,36,45)(H,37,44)(H,38,49)(H,47,48)/b39-21+. The molecule has 0 radical (unpaired) electrons. The number of hydrazine groups is 1. The van der Waals surface area contributed by atoms with E-state index in [9.17, 15) is 39.3 Å². The van der Waals surface area contributed by atoms with E-state index in [0.717, 1.165) is 39.1 Å². The Balaban J connectivity index is 1.14. The van der Waals surface area contributed by atoms with Crippen LogP contribution in [0.5, 0.6) is 11.5 Å². The Kier molecular flexibility index (Phi) is 10.2. The van der Waals surface area contributed by atoms with E-state index in [4.69, 9.17) is 10.6 Å². The van der Waals surface area contributed by atoms with E-state index in [1.165, 1.54) is 48.8 Å². The Bertz CT molecular complexity index is 2230. The fourth-order valence-corrected chi connectivity index (χ4v) is 8.18. The average Bonchev–Trinajstić information content (AvgIpc) is 3.77. The van der Waals surface area contributed by atoms with Gasteiger partial charge in [0.05, 0.1) is 6.20 Å². The number of aromatic hydroxyl groups is 2. The Hall–Kier alpha value is -5.87. The van der Waals surface area contributed by atoms with Gasteiger partial charge in [-0.05, 0) is 50.6 Å². The molecular formula is C31H30N10O9S3. The molecule has 2 aliphatic rings.